The zero-order valence-corrected chi connectivity index (χ0v) is 19.1. The lowest BCUT2D eigenvalue weighted by Crippen LogP contribution is -2.34. The first kappa shape index (κ1) is 22.1. The molecule has 1 atom stereocenters. The van der Waals surface area contributed by atoms with Gasteiger partial charge in [0.2, 0.25) is 0 Å². The number of carbonyl (C=O) groups excluding carboxylic acids is 3. The van der Waals surface area contributed by atoms with Gasteiger partial charge in [-0.15, -0.1) is 0 Å². The first-order chi connectivity index (χ1) is 15.6. The number of benzene rings is 3. The molecular formula is C28H23BrO3. The van der Waals surface area contributed by atoms with Gasteiger partial charge in [0, 0.05) is 27.9 Å². The van der Waals surface area contributed by atoms with Gasteiger partial charge in [0.25, 0.3) is 0 Å². The summed E-state index contributed by atoms with van der Waals surface area (Å²) in [6.07, 6.45) is 3.91. The van der Waals surface area contributed by atoms with Gasteiger partial charge in [0.1, 0.15) is 0 Å². The van der Waals surface area contributed by atoms with E-state index in [9.17, 15) is 14.4 Å². The molecule has 0 saturated carbocycles. The minimum atomic E-state index is -1.03. The van der Waals surface area contributed by atoms with Crippen LogP contribution in [0.5, 0.6) is 0 Å². The van der Waals surface area contributed by atoms with Gasteiger partial charge in [0.15, 0.2) is 17.3 Å². The number of ketones is 3. The summed E-state index contributed by atoms with van der Waals surface area (Å²) in [6.45, 7) is 0. The van der Waals surface area contributed by atoms with Gasteiger partial charge in [-0.3, -0.25) is 14.4 Å². The monoisotopic (exact) mass is 486 g/mol. The van der Waals surface area contributed by atoms with Crippen LogP contribution in [0.25, 0.3) is 0 Å². The smallest absolute Gasteiger partial charge is 0.174 e. The van der Waals surface area contributed by atoms with Crippen LogP contribution in [-0.2, 0) is 4.79 Å². The van der Waals surface area contributed by atoms with Crippen molar-refractivity contribution in [2.24, 2.45) is 5.92 Å². The molecule has 3 aromatic carbocycles. The van der Waals surface area contributed by atoms with Crippen molar-refractivity contribution in [2.45, 2.75) is 25.2 Å². The summed E-state index contributed by atoms with van der Waals surface area (Å²) in [7, 11) is 0. The van der Waals surface area contributed by atoms with E-state index in [-0.39, 0.29) is 17.3 Å². The molecule has 1 aliphatic carbocycles. The highest BCUT2D eigenvalue weighted by Gasteiger charge is 2.40. The van der Waals surface area contributed by atoms with Gasteiger partial charge in [-0.05, 0) is 36.1 Å². The van der Waals surface area contributed by atoms with Gasteiger partial charge in [0.05, 0.1) is 5.92 Å². The Morgan fingerprint density at radius 1 is 0.750 bits per heavy atom. The molecule has 0 aromatic heterocycles. The first-order valence-electron chi connectivity index (χ1n) is 10.7. The minimum Gasteiger partial charge on any atom is -0.295 e. The molecule has 0 spiro atoms. The molecule has 0 aliphatic heterocycles. The van der Waals surface area contributed by atoms with Gasteiger partial charge >= 0.3 is 0 Å². The maximum absolute atomic E-state index is 13.8. The molecule has 32 heavy (non-hydrogen) atoms. The van der Waals surface area contributed by atoms with Crippen molar-refractivity contribution in [3.63, 3.8) is 0 Å². The third kappa shape index (κ3) is 4.71. The van der Waals surface area contributed by atoms with Crippen molar-refractivity contribution < 1.29 is 14.4 Å². The Hall–Kier alpha value is -3.11. The Labute approximate surface area is 196 Å². The zero-order chi connectivity index (χ0) is 22.5. The summed E-state index contributed by atoms with van der Waals surface area (Å²) in [5, 5.41) is 0. The number of halogens is 1. The molecule has 0 amide bonds. The fourth-order valence-electron chi connectivity index (χ4n) is 4.29. The second kappa shape index (κ2) is 10.0. The third-order valence-electron chi connectivity index (χ3n) is 5.87. The van der Waals surface area contributed by atoms with Crippen LogP contribution in [0.15, 0.2) is 101 Å². The predicted octanol–water partition coefficient (Wildman–Crippen LogP) is 6.59. The van der Waals surface area contributed by atoms with Crippen LogP contribution in [0, 0.1) is 5.92 Å². The predicted molar refractivity (Wildman–Crippen MR) is 129 cm³/mol. The van der Waals surface area contributed by atoms with E-state index < -0.39 is 11.8 Å². The SMILES string of the molecule is O=C1CCCC=C1C(c1ccc(Br)cc1)C(C(=O)c1ccccc1)C(=O)c1ccccc1. The number of allylic oxidation sites excluding steroid dienone is 2. The van der Waals surface area contributed by atoms with Crippen molar-refractivity contribution in [3.8, 4) is 0 Å². The second-order valence-electron chi connectivity index (χ2n) is 7.94. The highest BCUT2D eigenvalue weighted by molar-refractivity contribution is 9.10. The summed E-state index contributed by atoms with van der Waals surface area (Å²) in [5.41, 5.74) is 2.28. The van der Waals surface area contributed by atoms with Crippen molar-refractivity contribution in [1.82, 2.24) is 0 Å². The van der Waals surface area contributed by atoms with Crippen LogP contribution in [0.3, 0.4) is 0 Å². The lowest BCUT2D eigenvalue weighted by molar-refractivity contribution is -0.116. The maximum Gasteiger partial charge on any atom is 0.174 e. The van der Waals surface area contributed by atoms with E-state index >= 15 is 0 Å². The zero-order valence-electron chi connectivity index (χ0n) is 17.5. The van der Waals surface area contributed by atoms with Crippen LogP contribution >= 0.6 is 15.9 Å². The lowest BCUT2D eigenvalue weighted by atomic mass is 9.71. The summed E-state index contributed by atoms with van der Waals surface area (Å²) >= 11 is 3.46. The normalized spacial score (nSPS) is 14.7. The standard InChI is InChI=1S/C28H23BrO3/c29-22-17-15-19(16-18-22)25(23-13-7-8-14-24(23)30)26(27(31)20-9-3-1-4-10-20)28(32)21-11-5-2-6-12-21/h1-6,9-13,15-18,25-26H,7-8,14H2. The van der Waals surface area contributed by atoms with Crippen molar-refractivity contribution in [3.05, 3.63) is 118 Å². The van der Waals surface area contributed by atoms with Crippen LogP contribution < -0.4 is 0 Å². The third-order valence-corrected chi connectivity index (χ3v) is 6.40. The fourth-order valence-corrected chi connectivity index (χ4v) is 4.55. The van der Waals surface area contributed by atoms with E-state index in [2.05, 4.69) is 15.9 Å². The fraction of sp³-hybridized carbons (Fsp3) is 0.179. The maximum atomic E-state index is 13.8. The molecule has 3 aromatic rings. The average Bonchev–Trinajstić information content (AvgIpc) is 2.84. The van der Waals surface area contributed by atoms with Crippen LogP contribution in [0.1, 0.15) is 51.5 Å². The van der Waals surface area contributed by atoms with Crippen molar-refractivity contribution in [1.29, 1.82) is 0 Å². The summed E-state index contributed by atoms with van der Waals surface area (Å²) in [6, 6.07) is 25.3. The minimum absolute atomic E-state index is 0.0101. The topological polar surface area (TPSA) is 51.2 Å². The largest absolute Gasteiger partial charge is 0.295 e. The van der Waals surface area contributed by atoms with Crippen LogP contribution in [0.4, 0.5) is 0 Å². The number of hydrogen-bond donors (Lipinski definition) is 0. The van der Waals surface area contributed by atoms with E-state index in [0.29, 0.717) is 23.1 Å². The van der Waals surface area contributed by atoms with Crippen LogP contribution in [0.2, 0.25) is 0 Å². The van der Waals surface area contributed by atoms with Gasteiger partial charge in [-0.2, -0.15) is 0 Å². The summed E-state index contributed by atoms with van der Waals surface area (Å²) < 4.78 is 0.893. The Kier molecular flexibility index (Phi) is 6.91. The van der Waals surface area contributed by atoms with Gasteiger partial charge in [-0.1, -0.05) is 94.8 Å². The number of carbonyl (C=O) groups is 3. The van der Waals surface area contributed by atoms with E-state index in [1.165, 1.54) is 0 Å². The molecule has 3 nitrogen and oxygen atoms in total. The molecule has 0 heterocycles. The Morgan fingerprint density at radius 3 is 1.78 bits per heavy atom. The van der Waals surface area contributed by atoms with Crippen LogP contribution in [-0.4, -0.2) is 17.3 Å². The van der Waals surface area contributed by atoms with E-state index in [1.807, 2.05) is 42.5 Å². The highest BCUT2D eigenvalue weighted by atomic mass is 79.9. The van der Waals surface area contributed by atoms with Gasteiger partial charge in [-0.25, -0.2) is 0 Å². The number of rotatable bonds is 7. The highest BCUT2D eigenvalue weighted by Crippen LogP contribution is 2.39. The Morgan fingerprint density at radius 2 is 1.28 bits per heavy atom. The Bertz CT molecular complexity index is 1100. The summed E-state index contributed by atoms with van der Waals surface area (Å²) in [5.74, 6) is -2.21. The quantitative estimate of drug-likeness (QED) is 0.279. The van der Waals surface area contributed by atoms with Gasteiger partial charge < -0.3 is 0 Å². The molecule has 0 fully saturated rings. The molecule has 1 aliphatic rings. The lowest BCUT2D eigenvalue weighted by Gasteiger charge is -2.29. The average molecular weight is 487 g/mol. The number of Topliss-reactive ketones (excluding diaryl/α,β-unsaturated/α-hetero) is 3. The summed E-state index contributed by atoms with van der Waals surface area (Å²) in [4.78, 5) is 40.6. The second-order valence-corrected chi connectivity index (χ2v) is 8.86. The molecule has 4 heteroatoms. The molecule has 4 rings (SSSR count). The molecule has 1 unspecified atom stereocenters. The van der Waals surface area contributed by atoms with E-state index in [0.717, 1.165) is 22.9 Å². The number of hydrogen-bond acceptors (Lipinski definition) is 3. The molecule has 0 N–H and O–H groups in total. The molecule has 0 saturated heterocycles. The molecule has 0 radical (unpaired) electrons. The molecular weight excluding hydrogens is 464 g/mol. The van der Waals surface area contributed by atoms with Crippen molar-refractivity contribution in [2.75, 3.05) is 0 Å². The Balaban J connectivity index is 1.90. The van der Waals surface area contributed by atoms with E-state index in [4.69, 9.17) is 0 Å². The molecule has 0 bridgehead atoms. The first-order valence-corrected chi connectivity index (χ1v) is 11.5. The molecule has 160 valence electrons. The van der Waals surface area contributed by atoms with Crippen molar-refractivity contribution >= 4 is 33.3 Å². The van der Waals surface area contributed by atoms with E-state index in [1.54, 1.807) is 48.5 Å².